The Morgan fingerprint density at radius 3 is 2.84 bits per heavy atom. The van der Waals surface area contributed by atoms with Gasteiger partial charge in [-0.1, -0.05) is 19.1 Å². The Hall–Kier alpha value is -1.01. The fourth-order valence-corrected chi connectivity index (χ4v) is 3.63. The van der Waals surface area contributed by atoms with Gasteiger partial charge in [0.2, 0.25) is 5.91 Å². The highest BCUT2D eigenvalue weighted by atomic mass is 32.1. The first kappa shape index (κ1) is 14.4. The van der Waals surface area contributed by atoms with Gasteiger partial charge < -0.3 is 11.1 Å². The number of thiocarbonyl (C=S) groups is 1. The number of hydrogen-bond acceptors (Lipinski definition) is 4. The predicted molar refractivity (Wildman–Crippen MR) is 81.2 cm³/mol. The van der Waals surface area contributed by atoms with Crippen molar-refractivity contribution in [1.29, 1.82) is 0 Å². The second-order valence-corrected chi connectivity index (χ2v) is 6.73. The lowest BCUT2D eigenvalue weighted by Crippen LogP contribution is -2.56. The lowest BCUT2D eigenvalue weighted by atomic mass is 9.62. The topological polar surface area (TPSA) is 68.0 Å². The van der Waals surface area contributed by atoms with Crippen LogP contribution >= 0.6 is 23.6 Å². The largest absolute Gasteiger partial charge is 0.392 e. The highest BCUT2D eigenvalue weighted by Gasteiger charge is 2.50. The van der Waals surface area contributed by atoms with Crippen LogP contribution in [0.4, 0.5) is 0 Å². The van der Waals surface area contributed by atoms with Crippen molar-refractivity contribution in [3.05, 3.63) is 16.1 Å². The molecule has 19 heavy (non-hydrogen) atoms. The molecule has 104 valence electrons. The minimum atomic E-state index is -0.604. The molecule has 0 radical (unpaired) electrons. The van der Waals surface area contributed by atoms with Crippen LogP contribution in [-0.4, -0.2) is 22.4 Å². The molecule has 0 spiro atoms. The van der Waals surface area contributed by atoms with E-state index in [1.165, 1.54) is 0 Å². The summed E-state index contributed by atoms with van der Waals surface area (Å²) in [4.78, 5) is 16.9. The summed E-state index contributed by atoms with van der Waals surface area (Å²) >= 11 is 6.69. The number of amides is 1. The van der Waals surface area contributed by atoms with E-state index in [0.29, 0.717) is 17.5 Å². The molecule has 1 amide bonds. The number of thiazole rings is 1. The van der Waals surface area contributed by atoms with Gasteiger partial charge in [-0.25, -0.2) is 4.98 Å². The fourth-order valence-electron chi connectivity index (χ4n) is 2.60. The van der Waals surface area contributed by atoms with E-state index >= 15 is 0 Å². The van der Waals surface area contributed by atoms with Crippen LogP contribution in [0.15, 0.2) is 5.38 Å². The van der Waals surface area contributed by atoms with Gasteiger partial charge in [0.1, 0.15) is 0 Å². The Morgan fingerprint density at radius 2 is 2.37 bits per heavy atom. The molecule has 0 bridgehead atoms. The summed E-state index contributed by atoms with van der Waals surface area (Å²) in [5, 5.41) is 6.01. The van der Waals surface area contributed by atoms with Crippen molar-refractivity contribution in [3.8, 4) is 0 Å². The Morgan fingerprint density at radius 1 is 1.68 bits per heavy atom. The molecule has 1 aromatic heterocycles. The van der Waals surface area contributed by atoms with Gasteiger partial charge in [0, 0.05) is 24.0 Å². The average molecular weight is 297 g/mol. The quantitative estimate of drug-likeness (QED) is 0.813. The first-order chi connectivity index (χ1) is 8.94. The standard InChI is InChI=1S/C13H19N3OS2/c1-8-5-13(6-8,11(14)18)12(17)15-4-3-10-16-9(2)7-19-10/h7-8H,3-6H2,1-2H3,(H2,14,18)(H,15,17). The summed E-state index contributed by atoms with van der Waals surface area (Å²) in [5.41, 5.74) is 6.17. The van der Waals surface area contributed by atoms with Gasteiger partial charge in [-0.3, -0.25) is 4.79 Å². The van der Waals surface area contributed by atoms with Crippen molar-refractivity contribution in [2.24, 2.45) is 17.1 Å². The van der Waals surface area contributed by atoms with Crippen molar-refractivity contribution in [2.75, 3.05) is 6.54 Å². The van der Waals surface area contributed by atoms with Crippen LogP contribution in [0.1, 0.15) is 30.5 Å². The smallest absolute Gasteiger partial charge is 0.233 e. The first-order valence-electron chi connectivity index (χ1n) is 6.43. The zero-order chi connectivity index (χ0) is 14.0. The maximum absolute atomic E-state index is 12.2. The van der Waals surface area contributed by atoms with Crippen molar-refractivity contribution >= 4 is 34.5 Å². The minimum absolute atomic E-state index is 0.0219. The van der Waals surface area contributed by atoms with Crippen LogP contribution in [0.5, 0.6) is 0 Å². The second kappa shape index (κ2) is 5.54. The molecule has 6 heteroatoms. The van der Waals surface area contributed by atoms with Gasteiger partial charge in [0.15, 0.2) is 0 Å². The van der Waals surface area contributed by atoms with Gasteiger partial charge in [-0.05, 0) is 25.7 Å². The summed E-state index contributed by atoms with van der Waals surface area (Å²) in [5.74, 6) is 0.500. The lowest BCUT2D eigenvalue weighted by molar-refractivity contribution is -0.132. The zero-order valence-corrected chi connectivity index (χ0v) is 12.9. The van der Waals surface area contributed by atoms with Gasteiger partial charge >= 0.3 is 0 Å². The molecule has 4 nitrogen and oxygen atoms in total. The van der Waals surface area contributed by atoms with Crippen molar-refractivity contribution in [1.82, 2.24) is 10.3 Å². The van der Waals surface area contributed by atoms with Crippen LogP contribution in [-0.2, 0) is 11.2 Å². The number of rotatable bonds is 5. The van der Waals surface area contributed by atoms with E-state index in [1.807, 2.05) is 12.3 Å². The Kier molecular flexibility index (Phi) is 4.20. The molecule has 1 aromatic rings. The number of aromatic nitrogens is 1. The first-order valence-corrected chi connectivity index (χ1v) is 7.72. The molecule has 1 heterocycles. The van der Waals surface area contributed by atoms with E-state index in [1.54, 1.807) is 11.3 Å². The second-order valence-electron chi connectivity index (χ2n) is 5.35. The van der Waals surface area contributed by atoms with Gasteiger partial charge in [0.25, 0.3) is 0 Å². The van der Waals surface area contributed by atoms with Crippen molar-refractivity contribution in [3.63, 3.8) is 0 Å². The van der Waals surface area contributed by atoms with Crippen LogP contribution in [0.2, 0.25) is 0 Å². The van der Waals surface area contributed by atoms with Crippen LogP contribution in [0.25, 0.3) is 0 Å². The Labute approximate surface area is 122 Å². The third kappa shape index (κ3) is 2.95. The average Bonchev–Trinajstić information content (AvgIpc) is 2.70. The number of carbonyl (C=O) groups is 1. The molecule has 1 saturated carbocycles. The van der Waals surface area contributed by atoms with E-state index < -0.39 is 5.41 Å². The highest BCUT2D eigenvalue weighted by molar-refractivity contribution is 7.80. The highest BCUT2D eigenvalue weighted by Crippen LogP contribution is 2.45. The third-order valence-electron chi connectivity index (χ3n) is 3.59. The molecular weight excluding hydrogens is 278 g/mol. The van der Waals surface area contributed by atoms with Gasteiger partial charge in [-0.2, -0.15) is 0 Å². The summed E-state index contributed by atoms with van der Waals surface area (Å²) in [6.07, 6.45) is 2.29. The summed E-state index contributed by atoms with van der Waals surface area (Å²) < 4.78 is 0. The Balaban J connectivity index is 1.85. The molecular formula is C13H19N3OS2. The maximum Gasteiger partial charge on any atom is 0.233 e. The number of aryl methyl sites for hydroxylation is 1. The van der Waals surface area contributed by atoms with E-state index in [4.69, 9.17) is 18.0 Å². The number of carbonyl (C=O) groups excluding carboxylic acids is 1. The molecule has 1 fully saturated rings. The molecule has 1 aliphatic rings. The maximum atomic E-state index is 12.2. The molecule has 3 N–H and O–H groups in total. The molecule has 1 aliphatic carbocycles. The fraction of sp³-hybridized carbons (Fsp3) is 0.615. The SMILES string of the molecule is Cc1csc(CCNC(=O)C2(C(N)=S)CC(C)C2)n1. The molecule has 0 aliphatic heterocycles. The molecule has 0 atom stereocenters. The third-order valence-corrected chi connectivity index (χ3v) is 5.01. The van der Waals surface area contributed by atoms with Crippen LogP contribution in [0.3, 0.4) is 0 Å². The summed E-state index contributed by atoms with van der Waals surface area (Å²) in [7, 11) is 0. The van der Waals surface area contributed by atoms with E-state index in [9.17, 15) is 4.79 Å². The number of hydrogen-bond donors (Lipinski definition) is 2. The molecule has 0 unspecified atom stereocenters. The van der Waals surface area contributed by atoms with Crippen LogP contribution < -0.4 is 11.1 Å². The lowest BCUT2D eigenvalue weighted by Gasteiger charge is -2.44. The zero-order valence-electron chi connectivity index (χ0n) is 11.2. The number of nitrogens with one attached hydrogen (secondary N) is 1. The predicted octanol–water partition coefficient (Wildman–Crippen LogP) is 1.81. The van der Waals surface area contributed by atoms with Crippen molar-refractivity contribution < 1.29 is 4.79 Å². The summed E-state index contributed by atoms with van der Waals surface area (Å²) in [6.45, 7) is 4.67. The van der Waals surface area contributed by atoms with E-state index in [0.717, 1.165) is 30.0 Å². The summed E-state index contributed by atoms with van der Waals surface area (Å²) in [6, 6.07) is 0. The van der Waals surface area contributed by atoms with Crippen molar-refractivity contribution in [2.45, 2.75) is 33.1 Å². The number of nitrogens with two attached hydrogens (primary N) is 1. The minimum Gasteiger partial charge on any atom is -0.392 e. The Bertz CT molecular complexity index is 492. The molecule has 0 aromatic carbocycles. The monoisotopic (exact) mass is 297 g/mol. The molecule has 2 rings (SSSR count). The number of nitrogens with zero attached hydrogens (tertiary/aromatic N) is 1. The van der Waals surface area contributed by atoms with E-state index in [2.05, 4.69) is 17.2 Å². The van der Waals surface area contributed by atoms with E-state index in [-0.39, 0.29) is 5.91 Å². The van der Waals surface area contributed by atoms with Gasteiger partial charge in [-0.15, -0.1) is 11.3 Å². The van der Waals surface area contributed by atoms with Gasteiger partial charge in [0.05, 0.1) is 15.4 Å². The van der Waals surface area contributed by atoms with Crippen LogP contribution in [0, 0.1) is 18.3 Å². The normalized spacial score (nSPS) is 25.7. The molecule has 0 saturated heterocycles.